The molecule has 1 aromatic rings. The molecule has 110 valence electrons. The Morgan fingerprint density at radius 3 is 2.80 bits per heavy atom. The molecular weight excluding hydrogens is 254 g/mol. The van der Waals surface area contributed by atoms with Crippen LogP contribution in [0.5, 0.6) is 0 Å². The first kappa shape index (κ1) is 14.9. The maximum atomic E-state index is 10.7. The van der Waals surface area contributed by atoms with E-state index < -0.39 is 5.97 Å². The SMILES string of the molecule is CN1CCC(CCNCc2ccc(C(=O)O)cn2)CC1. The molecule has 1 fully saturated rings. The zero-order valence-corrected chi connectivity index (χ0v) is 12.0. The summed E-state index contributed by atoms with van der Waals surface area (Å²) in [7, 11) is 2.18. The number of aromatic carboxylic acids is 1. The molecule has 0 amide bonds. The summed E-state index contributed by atoms with van der Waals surface area (Å²) >= 11 is 0. The highest BCUT2D eigenvalue weighted by Crippen LogP contribution is 2.18. The molecule has 0 unspecified atom stereocenters. The predicted octanol–water partition coefficient (Wildman–Crippen LogP) is 1.60. The second kappa shape index (κ2) is 7.36. The normalized spacial score (nSPS) is 17.2. The number of hydrogen-bond donors (Lipinski definition) is 2. The van der Waals surface area contributed by atoms with E-state index in [0.717, 1.165) is 18.2 Å². The Morgan fingerprint density at radius 1 is 1.45 bits per heavy atom. The van der Waals surface area contributed by atoms with Crippen molar-refractivity contribution in [3.8, 4) is 0 Å². The first-order valence-electron chi connectivity index (χ1n) is 7.22. The number of pyridine rings is 1. The molecule has 1 aliphatic rings. The van der Waals surface area contributed by atoms with Crippen LogP contribution >= 0.6 is 0 Å². The highest BCUT2D eigenvalue weighted by atomic mass is 16.4. The van der Waals surface area contributed by atoms with Gasteiger partial charge in [0.05, 0.1) is 11.3 Å². The van der Waals surface area contributed by atoms with Gasteiger partial charge in [0.2, 0.25) is 0 Å². The highest BCUT2D eigenvalue weighted by molar-refractivity contribution is 5.87. The topological polar surface area (TPSA) is 65.5 Å². The molecule has 2 N–H and O–H groups in total. The maximum absolute atomic E-state index is 10.7. The van der Waals surface area contributed by atoms with E-state index in [1.165, 1.54) is 38.5 Å². The van der Waals surface area contributed by atoms with Crippen LogP contribution in [0.1, 0.15) is 35.3 Å². The lowest BCUT2D eigenvalue weighted by Crippen LogP contribution is -2.31. The van der Waals surface area contributed by atoms with Gasteiger partial charge in [-0.05, 0) is 64.0 Å². The summed E-state index contributed by atoms with van der Waals surface area (Å²) in [6.45, 7) is 4.12. The molecule has 0 aromatic carbocycles. The van der Waals surface area contributed by atoms with Crippen molar-refractivity contribution in [2.75, 3.05) is 26.7 Å². The average molecular weight is 277 g/mol. The summed E-state index contributed by atoms with van der Waals surface area (Å²) in [5, 5.41) is 12.2. The van der Waals surface area contributed by atoms with E-state index in [2.05, 4.69) is 22.2 Å². The number of nitrogens with one attached hydrogen (secondary N) is 1. The van der Waals surface area contributed by atoms with Crippen LogP contribution in [-0.2, 0) is 6.54 Å². The van der Waals surface area contributed by atoms with Crippen LogP contribution < -0.4 is 5.32 Å². The molecule has 5 heteroatoms. The Labute approximate surface area is 120 Å². The molecule has 2 heterocycles. The fraction of sp³-hybridized carbons (Fsp3) is 0.600. The molecular formula is C15H23N3O2. The molecule has 5 nitrogen and oxygen atoms in total. The smallest absolute Gasteiger partial charge is 0.337 e. The van der Waals surface area contributed by atoms with Gasteiger partial charge in [0.1, 0.15) is 0 Å². The lowest BCUT2D eigenvalue weighted by Gasteiger charge is -2.28. The van der Waals surface area contributed by atoms with Gasteiger partial charge in [-0.25, -0.2) is 4.79 Å². The van der Waals surface area contributed by atoms with Crippen molar-refractivity contribution in [2.45, 2.75) is 25.8 Å². The third kappa shape index (κ3) is 4.58. The maximum Gasteiger partial charge on any atom is 0.337 e. The molecule has 0 bridgehead atoms. The van der Waals surface area contributed by atoms with Crippen molar-refractivity contribution in [1.29, 1.82) is 0 Å². The van der Waals surface area contributed by atoms with Gasteiger partial charge >= 0.3 is 5.97 Å². The Kier molecular flexibility index (Phi) is 5.49. The number of hydrogen-bond acceptors (Lipinski definition) is 4. The molecule has 0 radical (unpaired) electrons. The molecule has 1 aliphatic heterocycles. The number of carboxylic acids is 1. The summed E-state index contributed by atoms with van der Waals surface area (Å²) < 4.78 is 0. The molecule has 0 saturated carbocycles. The standard InChI is InChI=1S/C15H23N3O2/c1-18-8-5-12(6-9-18)4-7-16-11-14-3-2-13(10-17-14)15(19)20/h2-3,10,12,16H,4-9,11H2,1H3,(H,19,20). The zero-order valence-electron chi connectivity index (χ0n) is 12.0. The minimum Gasteiger partial charge on any atom is -0.478 e. The van der Waals surface area contributed by atoms with Crippen LogP contribution in [0.25, 0.3) is 0 Å². The van der Waals surface area contributed by atoms with Crippen molar-refractivity contribution in [1.82, 2.24) is 15.2 Å². The Hall–Kier alpha value is -1.46. The molecule has 0 spiro atoms. The number of carboxylic acid groups (broad SMARTS) is 1. The molecule has 20 heavy (non-hydrogen) atoms. The second-order valence-electron chi connectivity index (χ2n) is 5.56. The minimum atomic E-state index is -0.931. The summed E-state index contributed by atoms with van der Waals surface area (Å²) in [4.78, 5) is 17.2. The Morgan fingerprint density at radius 2 is 2.20 bits per heavy atom. The fourth-order valence-electron chi connectivity index (χ4n) is 2.53. The van der Waals surface area contributed by atoms with E-state index in [-0.39, 0.29) is 5.56 Å². The zero-order chi connectivity index (χ0) is 14.4. The van der Waals surface area contributed by atoms with Gasteiger partial charge in [-0.15, -0.1) is 0 Å². The summed E-state index contributed by atoms with van der Waals surface area (Å²) in [6.07, 6.45) is 5.21. The van der Waals surface area contributed by atoms with E-state index in [4.69, 9.17) is 5.11 Å². The van der Waals surface area contributed by atoms with Gasteiger partial charge in [0, 0.05) is 12.7 Å². The minimum absolute atomic E-state index is 0.236. The monoisotopic (exact) mass is 277 g/mol. The van der Waals surface area contributed by atoms with E-state index in [0.29, 0.717) is 6.54 Å². The van der Waals surface area contributed by atoms with Gasteiger partial charge in [-0.3, -0.25) is 4.98 Å². The highest BCUT2D eigenvalue weighted by Gasteiger charge is 2.15. The number of aromatic nitrogens is 1. The fourth-order valence-corrected chi connectivity index (χ4v) is 2.53. The molecule has 0 atom stereocenters. The molecule has 1 saturated heterocycles. The van der Waals surface area contributed by atoms with Crippen LogP contribution in [0.15, 0.2) is 18.3 Å². The van der Waals surface area contributed by atoms with Gasteiger partial charge in [-0.1, -0.05) is 0 Å². The quantitative estimate of drug-likeness (QED) is 0.773. The van der Waals surface area contributed by atoms with Gasteiger partial charge in [0.25, 0.3) is 0 Å². The number of rotatable bonds is 6. The van der Waals surface area contributed by atoms with E-state index in [1.807, 2.05) is 0 Å². The van der Waals surface area contributed by atoms with Crippen LogP contribution in [-0.4, -0.2) is 47.6 Å². The van der Waals surface area contributed by atoms with Crippen LogP contribution in [0.2, 0.25) is 0 Å². The van der Waals surface area contributed by atoms with Gasteiger partial charge in [-0.2, -0.15) is 0 Å². The number of piperidine rings is 1. The largest absolute Gasteiger partial charge is 0.478 e. The summed E-state index contributed by atoms with van der Waals surface area (Å²) in [6, 6.07) is 3.37. The predicted molar refractivity (Wildman–Crippen MR) is 77.7 cm³/mol. The van der Waals surface area contributed by atoms with Crippen molar-refractivity contribution in [3.63, 3.8) is 0 Å². The van der Waals surface area contributed by atoms with Gasteiger partial charge < -0.3 is 15.3 Å². The third-order valence-corrected chi connectivity index (χ3v) is 3.95. The summed E-state index contributed by atoms with van der Waals surface area (Å²) in [5.74, 6) is -0.0969. The van der Waals surface area contributed by atoms with E-state index in [1.54, 1.807) is 12.1 Å². The Bertz CT molecular complexity index is 425. The van der Waals surface area contributed by atoms with Crippen molar-refractivity contribution in [2.24, 2.45) is 5.92 Å². The van der Waals surface area contributed by atoms with Crippen molar-refractivity contribution < 1.29 is 9.90 Å². The lowest BCUT2D eigenvalue weighted by atomic mass is 9.94. The first-order chi connectivity index (χ1) is 9.65. The van der Waals surface area contributed by atoms with Crippen LogP contribution in [0.4, 0.5) is 0 Å². The number of nitrogens with zero attached hydrogens (tertiary/aromatic N) is 2. The third-order valence-electron chi connectivity index (χ3n) is 3.95. The van der Waals surface area contributed by atoms with Crippen LogP contribution in [0, 0.1) is 5.92 Å². The van der Waals surface area contributed by atoms with Crippen molar-refractivity contribution in [3.05, 3.63) is 29.6 Å². The molecule has 0 aliphatic carbocycles. The number of carbonyl (C=O) groups is 1. The average Bonchev–Trinajstić information content (AvgIpc) is 2.46. The molecule has 1 aromatic heterocycles. The molecule has 2 rings (SSSR count). The van der Waals surface area contributed by atoms with Crippen molar-refractivity contribution >= 4 is 5.97 Å². The first-order valence-corrected chi connectivity index (χ1v) is 7.22. The summed E-state index contributed by atoms with van der Waals surface area (Å²) in [5.41, 5.74) is 1.12. The number of likely N-dealkylation sites (tertiary alicyclic amines) is 1. The van der Waals surface area contributed by atoms with Gasteiger partial charge in [0.15, 0.2) is 0 Å². The lowest BCUT2D eigenvalue weighted by molar-refractivity contribution is 0.0696. The Balaban J connectivity index is 1.64. The van der Waals surface area contributed by atoms with E-state index in [9.17, 15) is 4.79 Å². The van der Waals surface area contributed by atoms with Crippen LogP contribution in [0.3, 0.4) is 0 Å². The second-order valence-corrected chi connectivity index (χ2v) is 5.56. The van der Waals surface area contributed by atoms with E-state index >= 15 is 0 Å².